The highest BCUT2D eigenvalue weighted by molar-refractivity contribution is 5.53. The number of likely N-dealkylation sites (tertiary alicyclic amines) is 1. The molecule has 1 fully saturated rings. The van der Waals surface area contributed by atoms with E-state index in [9.17, 15) is 0 Å². The molecule has 2 aliphatic heterocycles. The monoisotopic (exact) mass is 276 g/mol. The van der Waals surface area contributed by atoms with Crippen molar-refractivity contribution in [1.82, 2.24) is 4.90 Å². The van der Waals surface area contributed by atoms with Crippen molar-refractivity contribution in [3.8, 4) is 5.75 Å². The normalized spacial score (nSPS) is 22.1. The first-order chi connectivity index (χ1) is 9.53. The average molecular weight is 276 g/mol. The predicted octanol–water partition coefficient (Wildman–Crippen LogP) is 2.76. The maximum atomic E-state index is 6.01. The fourth-order valence-corrected chi connectivity index (χ4v) is 3.36. The number of nitrogens with zero attached hydrogens (tertiary/aromatic N) is 1. The van der Waals surface area contributed by atoms with Crippen LogP contribution in [0.1, 0.15) is 37.8 Å². The van der Waals surface area contributed by atoms with Crippen LogP contribution in [0.2, 0.25) is 0 Å². The summed E-state index contributed by atoms with van der Waals surface area (Å²) < 4.78 is 11.0. The Bertz CT molecular complexity index is 499. The number of nitrogen functional groups attached to an aromatic ring is 1. The second-order valence-electron chi connectivity index (χ2n) is 6.76. The van der Waals surface area contributed by atoms with Gasteiger partial charge >= 0.3 is 0 Å². The predicted molar refractivity (Wildman–Crippen MR) is 79.4 cm³/mol. The minimum absolute atomic E-state index is 0.343. The SMILES string of the molecule is CC1(C)CCCN(Cc2cc(N)cc3c2OCOC3)C1. The van der Waals surface area contributed by atoms with Crippen molar-refractivity contribution < 1.29 is 9.47 Å². The zero-order chi connectivity index (χ0) is 14.2. The third kappa shape index (κ3) is 2.91. The van der Waals surface area contributed by atoms with Gasteiger partial charge in [0.1, 0.15) is 5.75 Å². The molecule has 0 atom stereocenters. The lowest BCUT2D eigenvalue weighted by Gasteiger charge is -2.38. The molecule has 0 unspecified atom stereocenters. The van der Waals surface area contributed by atoms with Gasteiger partial charge in [0, 0.05) is 29.9 Å². The standard InChI is InChI=1S/C16H24N2O2/c1-16(2)4-3-5-18(10-16)8-12-6-14(17)7-13-9-19-11-20-15(12)13/h6-7H,3-5,8-11,17H2,1-2H3. The topological polar surface area (TPSA) is 47.7 Å². The lowest BCUT2D eigenvalue weighted by Crippen LogP contribution is -2.39. The van der Waals surface area contributed by atoms with Crippen molar-refractivity contribution in [2.24, 2.45) is 5.41 Å². The van der Waals surface area contributed by atoms with Crippen molar-refractivity contribution in [1.29, 1.82) is 0 Å². The quantitative estimate of drug-likeness (QED) is 0.844. The maximum absolute atomic E-state index is 6.01. The van der Waals surface area contributed by atoms with Gasteiger partial charge in [0.15, 0.2) is 6.79 Å². The Morgan fingerprint density at radius 1 is 1.35 bits per heavy atom. The van der Waals surface area contributed by atoms with Gasteiger partial charge in [-0.3, -0.25) is 4.90 Å². The van der Waals surface area contributed by atoms with E-state index in [-0.39, 0.29) is 0 Å². The van der Waals surface area contributed by atoms with Crippen LogP contribution in [-0.4, -0.2) is 24.8 Å². The zero-order valence-electron chi connectivity index (χ0n) is 12.4. The van der Waals surface area contributed by atoms with E-state index in [1.807, 2.05) is 12.1 Å². The summed E-state index contributed by atoms with van der Waals surface area (Å²) in [5.74, 6) is 0.980. The van der Waals surface area contributed by atoms with E-state index in [0.717, 1.165) is 36.6 Å². The van der Waals surface area contributed by atoms with Gasteiger partial charge < -0.3 is 15.2 Å². The van der Waals surface area contributed by atoms with E-state index in [2.05, 4.69) is 18.7 Å². The average Bonchev–Trinajstić information content (AvgIpc) is 2.37. The van der Waals surface area contributed by atoms with Crippen molar-refractivity contribution in [3.05, 3.63) is 23.3 Å². The van der Waals surface area contributed by atoms with Crippen LogP contribution in [0, 0.1) is 5.41 Å². The molecule has 2 N–H and O–H groups in total. The smallest absolute Gasteiger partial charge is 0.189 e. The van der Waals surface area contributed by atoms with Gasteiger partial charge in [-0.2, -0.15) is 0 Å². The fourth-order valence-electron chi connectivity index (χ4n) is 3.36. The molecule has 2 aliphatic rings. The van der Waals surface area contributed by atoms with Gasteiger partial charge in [-0.25, -0.2) is 0 Å². The Hall–Kier alpha value is -1.26. The molecule has 20 heavy (non-hydrogen) atoms. The van der Waals surface area contributed by atoms with Gasteiger partial charge in [0.05, 0.1) is 6.61 Å². The van der Waals surface area contributed by atoms with Crippen LogP contribution in [0.25, 0.3) is 0 Å². The number of hydrogen-bond donors (Lipinski definition) is 1. The minimum atomic E-state index is 0.343. The van der Waals surface area contributed by atoms with Crippen LogP contribution in [0.15, 0.2) is 12.1 Å². The molecule has 0 bridgehead atoms. The number of piperidine rings is 1. The summed E-state index contributed by atoms with van der Waals surface area (Å²) >= 11 is 0. The molecule has 2 heterocycles. The third-order valence-electron chi connectivity index (χ3n) is 4.18. The van der Waals surface area contributed by atoms with Crippen molar-refractivity contribution in [3.63, 3.8) is 0 Å². The first kappa shape index (κ1) is 13.7. The molecule has 0 aromatic heterocycles. The highest BCUT2D eigenvalue weighted by Crippen LogP contribution is 2.34. The lowest BCUT2D eigenvalue weighted by molar-refractivity contribution is -0.0177. The van der Waals surface area contributed by atoms with Crippen molar-refractivity contribution in [2.45, 2.75) is 39.8 Å². The van der Waals surface area contributed by atoms with E-state index in [0.29, 0.717) is 18.8 Å². The number of nitrogens with two attached hydrogens (primary N) is 1. The highest BCUT2D eigenvalue weighted by atomic mass is 16.7. The molecule has 0 saturated carbocycles. The Labute approximate surface area is 120 Å². The fraction of sp³-hybridized carbons (Fsp3) is 0.625. The number of rotatable bonds is 2. The summed E-state index contributed by atoms with van der Waals surface area (Å²) in [6.07, 6.45) is 2.57. The molecule has 1 saturated heterocycles. The molecule has 3 rings (SSSR count). The molecule has 110 valence electrons. The molecule has 0 amide bonds. The van der Waals surface area contributed by atoms with Crippen LogP contribution in [0.4, 0.5) is 5.69 Å². The van der Waals surface area contributed by atoms with Gasteiger partial charge in [0.25, 0.3) is 0 Å². The second kappa shape index (κ2) is 5.26. The number of benzene rings is 1. The third-order valence-corrected chi connectivity index (χ3v) is 4.18. The van der Waals surface area contributed by atoms with Gasteiger partial charge in [-0.05, 0) is 36.9 Å². The first-order valence-electron chi connectivity index (χ1n) is 7.38. The summed E-state index contributed by atoms with van der Waals surface area (Å²) in [4.78, 5) is 2.51. The summed E-state index contributed by atoms with van der Waals surface area (Å²) in [6, 6.07) is 4.00. The maximum Gasteiger partial charge on any atom is 0.189 e. The number of hydrogen-bond acceptors (Lipinski definition) is 4. The zero-order valence-corrected chi connectivity index (χ0v) is 12.4. The molecule has 0 spiro atoms. The summed E-state index contributed by atoms with van der Waals surface area (Å²) in [7, 11) is 0. The summed E-state index contributed by atoms with van der Waals surface area (Å²) in [5.41, 5.74) is 9.48. The molecule has 1 aromatic carbocycles. The Balaban J connectivity index is 1.81. The van der Waals surface area contributed by atoms with Crippen LogP contribution in [-0.2, 0) is 17.9 Å². The molecular formula is C16H24N2O2. The minimum Gasteiger partial charge on any atom is -0.467 e. The van der Waals surface area contributed by atoms with E-state index in [1.165, 1.54) is 18.4 Å². The first-order valence-corrected chi connectivity index (χ1v) is 7.38. The largest absolute Gasteiger partial charge is 0.467 e. The molecule has 4 heteroatoms. The number of ether oxygens (including phenoxy) is 2. The molecule has 0 radical (unpaired) electrons. The molecule has 1 aromatic rings. The molecule has 0 aliphatic carbocycles. The van der Waals surface area contributed by atoms with E-state index in [1.54, 1.807) is 0 Å². The number of fused-ring (bicyclic) bond motifs is 1. The Kier molecular flexibility index (Phi) is 3.61. The number of anilines is 1. The van der Waals surface area contributed by atoms with Crippen molar-refractivity contribution >= 4 is 5.69 Å². The van der Waals surface area contributed by atoms with Gasteiger partial charge in [0.2, 0.25) is 0 Å². The lowest BCUT2D eigenvalue weighted by atomic mass is 9.84. The van der Waals surface area contributed by atoms with Gasteiger partial charge in [-0.1, -0.05) is 13.8 Å². The molecule has 4 nitrogen and oxygen atoms in total. The van der Waals surface area contributed by atoms with Crippen LogP contribution >= 0.6 is 0 Å². The summed E-state index contributed by atoms with van der Waals surface area (Å²) in [5, 5.41) is 0. The van der Waals surface area contributed by atoms with Crippen LogP contribution in [0.3, 0.4) is 0 Å². The Morgan fingerprint density at radius 2 is 2.20 bits per heavy atom. The van der Waals surface area contributed by atoms with Crippen LogP contribution in [0.5, 0.6) is 5.75 Å². The molecular weight excluding hydrogens is 252 g/mol. The summed E-state index contributed by atoms with van der Waals surface area (Å²) in [6.45, 7) is 8.83. The highest BCUT2D eigenvalue weighted by Gasteiger charge is 2.27. The van der Waals surface area contributed by atoms with E-state index in [4.69, 9.17) is 15.2 Å². The van der Waals surface area contributed by atoms with Crippen LogP contribution < -0.4 is 10.5 Å². The van der Waals surface area contributed by atoms with Crippen molar-refractivity contribution in [2.75, 3.05) is 25.6 Å². The Morgan fingerprint density at radius 3 is 3.00 bits per heavy atom. The van der Waals surface area contributed by atoms with E-state index >= 15 is 0 Å². The van der Waals surface area contributed by atoms with Gasteiger partial charge in [-0.15, -0.1) is 0 Å². The van der Waals surface area contributed by atoms with E-state index < -0.39 is 0 Å². The second-order valence-corrected chi connectivity index (χ2v) is 6.76.